The van der Waals surface area contributed by atoms with Gasteiger partial charge in [-0.3, -0.25) is 4.79 Å². The molecule has 0 spiro atoms. The van der Waals surface area contributed by atoms with Crippen molar-refractivity contribution in [2.45, 2.75) is 229 Å². The van der Waals surface area contributed by atoms with Crippen molar-refractivity contribution in [3.63, 3.8) is 0 Å². The van der Waals surface area contributed by atoms with E-state index in [0.29, 0.717) is 19.3 Å². The second-order valence-corrected chi connectivity index (χ2v) is 15.7. The number of rotatable bonds is 36. The fraction of sp³-hybridized carbons (Fsp3) is 0.844. The molecular weight excluding hydrogens is 714 g/mol. The summed E-state index contributed by atoms with van der Waals surface area (Å²) in [6.45, 7) is 3.37. The molecule has 1 amide bonds. The summed E-state index contributed by atoms with van der Waals surface area (Å²) in [5.74, 6) is -0.715. The summed E-state index contributed by atoms with van der Waals surface area (Å²) >= 11 is 0. The van der Waals surface area contributed by atoms with Gasteiger partial charge in [0.1, 0.15) is 36.6 Å². The lowest BCUT2D eigenvalue weighted by molar-refractivity contribution is -0.303. The molecule has 1 aliphatic rings. The zero-order valence-electron chi connectivity index (χ0n) is 35.1. The Morgan fingerprint density at radius 3 is 1.59 bits per heavy atom. The highest BCUT2D eigenvalue weighted by Gasteiger charge is 2.44. The molecule has 0 radical (unpaired) electrons. The number of unbranched alkanes of at least 4 members (excludes halogenated alkanes) is 18. The number of aliphatic hydroxyl groups excluding tert-OH is 7. The molecule has 1 heterocycles. The van der Waals surface area contributed by atoms with Crippen molar-refractivity contribution in [2.24, 2.45) is 0 Å². The van der Waals surface area contributed by atoms with Crippen LogP contribution in [0.1, 0.15) is 174 Å². The maximum Gasteiger partial charge on any atom is 0.249 e. The molecule has 1 fully saturated rings. The summed E-state index contributed by atoms with van der Waals surface area (Å²) in [6.07, 6.45) is 27.7. The molecule has 0 aromatic heterocycles. The first-order valence-electron chi connectivity index (χ1n) is 22.4. The number of hydrogen-bond acceptors (Lipinski definition) is 10. The minimum atomic E-state index is -1.67. The van der Waals surface area contributed by atoms with Crippen LogP contribution in [0.3, 0.4) is 0 Å². The van der Waals surface area contributed by atoms with E-state index >= 15 is 0 Å². The van der Waals surface area contributed by atoms with Gasteiger partial charge >= 0.3 is 0 Å². The number of aliphatic hydroxyl groups is 7. The Bertz CT molecular complexity index is 1010. The number of hydrogen-bond donors (Lipinski definition) is 8. The van der Waals surface area contributed by atoms with Crippen molar-refractivity contribution in [2.75, 3.05) is 13.2 Å². The second kappa shape index (κ2) is 35.3. The summed E-state index contributed by atoms with van der Waals surface area (Å²) in [5, 5.41) is 75.4. The van der Waals surface area contributed by atoms with Crippen molar-refractivity contribution >= 4 is 5.91 Å². The van der Waals surface area contributed by atoms with Crippen LogP contribution in [-0.4, -0.2) is 110 Å². The highest BCUT2D eigenvalue weighted by atomic mass is 16.7. The predicted octanol–water partition coefficient (Wildman–Crippen LogP) is 6.83. The molecule has 0 aromatic rings. The second-order valence-electron chi connectivity index (χ2n) is 15.7. The van der Waals surface area contributed by atoms with Crippen molar-refractivity contribution in [1.29, 1.82) is 0 Å². The average Bonchev–Trinajstić information content (AvgIpc) is 3.20. The normalized spacial score (nSPS) is 22.6. The van der Waals surface area contributed by atoms with E-state index in [2.05, 4.69) is 55.6 Å². The van der Waals surface area contributed by atoms with E-state index in [1.54, 1.807) is 0 Å². The lowest BCUT2D eigenvalue weighted by Gasteiger charge is -2.40. The number of nitrogens with one attached hydrogen (secondary N) is 1. The summed E-state index contributed by atoms with van der Waals surface area (Å²) in [7, 11) is 0. The number of amides is 1. The van der Waals surface area contributed by atoms with Crippen molar-refractivity contribution in [3.05, 3.63) is 36.5 Å². The Hall–Kier alpha value is -1.67. The first-order chi connectivity index (χ1) is 27.2. The molecule has 1 rings (SSSR count). The summed E-state index contributed by atoms with van der Waals surface area (Å²) in [6, 6.07) is -1.19. The molecule has 11 heteroatoms. The Labute approximate surface area is 339 Å². The van der Waals surface area contributed by atoms with Crippen LogP contribution in [0.15, 0.2) is 36.5 Å². The van der Waals surface area contributed by atoms with E-state index in [1.165, 1.54) is 83.5 Å². The smallest absolute Gasteiger partial charge is 0.249 e. The van der Waals surface area contributed by atoms with Crippen molar-refractivity contribution < 1.29 is 50.0 Å². The van der Waals surface area contributed by atoms with Gasteiger partial charge < -0.3 is 50.5 Å². The van der Waals surface area contributed by atoms with Gasteiger partial charge in [0.2, 0.25) is 5.91 Å². The molecular formula is C45H83NO10. The minimum absolute atomic E-state index is 0.241. The van der Waals surface area contributed by atoms with E-state index in [1.807, 2.05) is 0 Å². The van der Waals surface area contributed by atoms with Gasteiger partial charge in [-0.2, -0.15) is 0 Å². The van der Waals surface area contributed by atoms with Gasteiger partial charge in [-0.1, -0.05) is 147 Å². The van der Waals surface area contributed by atoms with Gasteiger partial charge in [0.25, 0.3) is 0 Å². The first-order valence-corrected chi connectivity index (χ1v) is 22.4. The third-order valence-corrected chi connectivity index (χ3v) is 10.7. The maximum absolute atomic E-state index is 13.0. The fourth-order valence-electron chi connectivity index (χ4n) is 6.88. The van der Waals surface area contributed by atoms with Crippen LogP contribution >= 0.6 is 0 Å². The minimum Gasteiger partial charge on any atom is -0.394 e. The van der Waals surface area contributed by atoms with Gasteiger partial charge in [0.15, 0.2) is 6.29 Å². The molecule has 1 saturated heterocycles. The molecule has 8 N–H and O–H groups in total. The van der Waals surface area contributed by atoms with E-state index in [4.69, 9.17) is 9.47 Å². The lowest BCUT2D eigenvalue weighted by atomic mass is 9.98. The van der Waals surface area contributed by atoms with E-state index in [0.717, 1.165) is 44.9 Å². The molecule has 0 aromatic carbocycles. The molecule has 1 aliphatic heterocycles. The molecule has 0 saturated carbocycles. The monoisotopic (exact) mass is 798 g/mol. The quantitative estimate of drug-likeness (QED) is 0.0247. The molecule has 328 valence electrons. The Kier molecular flexibility index (Phi) is 33.0. The van der Waals surface area contributed by atoms with Crippen LogP contribution < -0.4 is 5.32 Å². The third-order valence-electron chi connectivity index (χ3n) is 10.7. The number of carbonyl (C=O) groups is 1. The average molecular weight is 798 g/mol. The molecule has 9 atom stereocenters. The molecule has 0 bridgehead atoms. The summed E-state index contributed by atoms with van der Waals surface area (Å²) in [4.78, 5) is 13.0. The highest BCUT2D eigenvalue weighted by Crippen LogP contribution is 2.23. The van der Waals surface area contributed by atoms with Crippen LogP contribution in [0.25, 0.3) is 0 Å². The van der Waals surface area contributed by atoms with Crippen LogP contribution in [0.4, 0.5) is 0 Å². The largest absolute Gasteiger partial charge is 0.394 e. The number of carbonyl (C=O) groups excluding carboxylic acids is 1. The lowest BCUT2D eigenvalue weighted by Crippen LogP contribution is -2.60. The summed E-state index contributed by atoms with van der Waals surface area (Å²) < 4.78 is 11.0. The fourth-order valence-corrected chi connectivity index (χ4v) is 6.88. The molecule has 0 aliphatic carbocycles. The van der Waals surface area contributed by atoms with Crippen LogP contribution in [-0.2, 0) is 14.3 Å². The third kappa shape index (κ3) is 25.0. The summed E-state index contributed by atoms with van der Waals surface area (Å²) in [5.41, 5.74) is 0. The maximum atomic E-state index is 13.0. The van der Waals surface area contributed by atoms with E-state index in [9.17, 15) is 40.5 Å². The highest BCUT2D eigenvalue weighted by molar-refractivity contribution is 5.80. The molecule has 9 unspecified atom stereocenters. The van der Waals surface area contributed by atoms with Crippen molar-refractivity contribution in [3.8, 4) is 0 Å². The molecule has 56 heavy (non-hydrogen) atoms. The SMILES string of the molecule is CCCCCCC/C=C/CC/C=C/CC/C=C/CCCC(O)C(O)C(COC1OC(CO)C(O)C(O)C1O)NC(=O)C(O)CCCCCCCCCCCCC. The zero-order valence-corrected chi connectivity index (χ0v) is 35.1. The van der Waals surface area contributed by atoms with Gasteiger partial charge in [0.05, 0.1) is 25.4 Å². The van der Waals surface area contributed by atoms with Crippen LogP contribution in [0.5, 0.6) is 0 Å². The van der Waals surface area contributed by atoms with E-state index < -0.39 is 74.2 Å². The molecule has 11 nitrogen and oxygen atoms in total. The standard InChI is InChI=1S/C45H83NO10/c1-3-5-7-9-11-13-15-16-17-18-19-20-21-23-24-26-28-30-32-37(48)40(50)36(35-55-45-43(53)42(52)41(51)39(34-47)56-45)46-44(54)38(49)33-31-29-27-25-22-14-12-10-8-6-4-2/h15-16,19-20,24,26,36-43,45,47-53H,3-14,17-18,21-23,25,27-35H2,1-2H3,(H,46,54)/b16-15+,20-19+,26-24+. The predicted molar refractivity (Wildman–Crippen MR) is 224 cm³/mol. The van der Waals surface area contributed by atoms with Gasteiger partial charge in [-0.15, -0.1) is 0 Å². The Balaban J connectivity index is 2.52. The van der Waals surface area contributed by atoms with Crippen LogP contribution in [0, 0.1) is 0 Å². The zero-order chi connectivity index (χ0) is 41.2. The van der Waals surface area contributed by atoms with Crippen LogP contribution in [0.2, 0.25) is 0 Å². The number of ether oxygens (including phenoxy) is 2. The van der Waals surface area contributed by atoms with Gasteiger partial charge in [-0.25, -0.2) is 0 Å². The Morgan fingerprint density at radius 1 is 0.607 bits per heavy atom. The van der Waals surface area contributed by atoms with Gasteiger partial charge in [-0.05, 0) is 64.2 Å². The van der Waals surface area contributed by atoms with Gasteiger partial charge in [0, 0.05) is 0 Å². The Morgan fingerprint density at radius 2 is 1.07 bits per heavy atom. The first kappa shape index (κ1) is 52.3. The van der Waals surface area contributed by atoms with Crippen molar-refractivity contribution in [1.82, 2.24) is 5.32 Å². The number of allylic oxidation sites excluding steroid dienone is 6. The van der Waals surface area contributed by atoms with E-state index in [-0.39, 0.29) is 12.8 Å². The topological polar surface area (TPSA) is 189 Å².